The number of carbonyl (C=O) groups excluding carboxylic acids is 1. The van der Waals surface area contributed by atoms with Crippen molar-refractivity contribution < 1.29 is 14.5 Å². The molecule has 0 spiro atoms. The third-order valence-corrected chi connectivity index (χ3v) is 2.66. The Morgan fingerprint density at radius 1 is 1.30 bits per heavy atom. The third kappa shape index (κ3) is 4.42. The smallest absolute Gasteiger partial charge is 0.315 e. The number of methoxy groups -OCH3 is 1. The molecular formula is C13H19N3O4. The number of rotatable bonds is 8. The Labute approximate surface area is 117 Å². The summed E-state index contributed by atoms with van der Waals surface area (Å²) in [6.45, 7) is 2.93. The van der Waals surface area contributed by atoms with E-state index in [4.69, 9.17) is 0 Å². The van der Waals surface area contributed by atoms with Gasteiger partial charge in [0.15, 0.2) is 0 Å². The van der Waals surface area contributed by atoms with Crippen molar-refractivity contribution >= 4 is 23.0 Å². The molecule has 0 amide bonds. The molecular weight excluding hydrogens is 262 g/mol. The van der Waals surface area contributed by atoms with E-state index < -0.39 is 4.92 Å². The van der Waals surface area contributed by atoms with Gasteiger partial charge in [-0.15, -0.1) is 0 Å². The first-order valence-corrected chi connectivity index (χ1v) is 6.42. The van der Waals surface area contributed by atoms with Crippen LogP contribution in [0.2, 0.25) is 0 Å². The van der Waals surface area contributed by atoms with Gasteiger partial charge in [0, 0.05) is 13.1 Å². The second kappa shape index (κ2) is 7.98. The minimum Gasteiger partial charge on any atom is -0.469 e. The fraction of sp³-hybridized carbons (Fsp3) is 0.462. The van der Waals surface area contributed by atoms with Crippen LogP contribution in [0.15, 0.2) is 18.2 Å². The maximum Gasteiger partial charge on any atom is 0.315 e. The molecule has 0 saturated heterocycles. The Balaban J connectivity index is 2.83. The van der Waals surface area contributed by atoms with Gasteiger partial charge in [-0.3, -0.25) is 14.9 Å². The Morgan fingerprint density at radius 3 is 2.40 bits per heavy atom. The van der Waals surface area contributed by atoms with E-state index in [0.717, 1.165) is 6.42 Å². The van der Waals surface area contributed by atoms with E-state index in [1.165, 1.54) is 7.11 Å². The standard InChI is InChI=1S/C13H19N3O4/c1-3-8-14-10-5-4-6-11(13(10)16(18)19)15-9-7-12(17)20-2/h4-6,14-15H,3,7-9H2,1-2H3. The lowest BCUT2D eigenvalue weighted by Gasteiger charge is -2.11. The summed E-state index contributed by atoms with van der Waals surface area (Å²) in [5.74, 6) is -0.361. The van der Waals surface area contributed by atoms with Crippen molar-refractivity contribution in [3.05, 3.63) is 28.3 Å². The predicted molar refractivity (Wildman–Crippen MR) is 77.0 cm³/mol. The van der Waals surface area contributed by atoms with Crippen LogP contribution in [0.1, 0.15) is 19.8 Å². The molecule has 1 aromatic carbocycles. The number of esters is 1. The number of ether oxygens (including phenoxy) is 1. The van der Waals surface area contributed by atoms with Gasteiger partial charge in [0.05, 0.1) is 18.5 Å². The van der Waals surface area contributed by atoms with Gasteiger partial charge in [-0.05, 0) is 18.6 Å². The third-order valence-electron chi connectivity index (χ3n) is 2.66. The largest absolute Gasteiger partial charge is 0.469 e. The Bertz CT molecular complexity index is 477. The number of nitrogens with one attached hydrogen (secondary N) is 2. The molecule has 0 radical (unpaired) electrons. The maximum atomic E-state index is 11.2. The Kier molecular flexibility index (Phi) is 6.28. The molecule has 0 unspecified atom stereocenters. The van der Waals surface area contributed by atoms with E-state index in [2.05, 4.69) is 15.4 Å². The van der Waals surface area contributed by atoms with Gasteiger partial charge in [-0.25, -0.2) is 0 Å². The zero-order chi connectivity index (χ0) is 15.0. The maximum absolute atomic E-state index is 11.2. The van der Waals surface area contributed by atoms with Crippen LogP contribution in [-0.2, 0) is 9.53 Å². The number of nitro groups is 1. The highest BCUT2D eigenvalue weighted by atomic mass is 16.6. The van der Waals surface area contributed by atoms with E-state index in [-0.39, 0.29) is 24.6 Å². The summed E-state index contributed by atoms with van der Waals surface area (Å²) in [4.78, 5) is 21.8. The van der Waals surface area contributed by atoms with Crippen LogP contribution < -0.4 is 10.6 Å². The van der Waals surface area contributed by atoms with Crippen molar-refractivity contribution in [1.29, 1.82) is 0 Å². The average Bonchev–Trinajstić information content (AvgIpc) is 2.44. The van der Waals surface area contributed by atoms with Crippen molar-refractivity contribution in [2.45, 2.75) is 19.8 Å². The molecule has 0 fully saturated rings. The first kappa shape index (κ1) is 15.7. The Hall–Kier alpha value is -2.31. The molecule has 0 bridgehead atoms. The Morgan fingerprint density at radius 2 is 1.90 bits per heavy atom. The highest BCUT2D eigenvalue weighted by Crippen LogP contribution is 2.32. The molecule has 7 heteroatoms. The molecule has 0 aromatic heterocycles. The molecule has 1 rings (SSSR count). The van der Waals surface area contributed by atoms with Crippen LogP contribution in [0.3, 0.4) is 0 Å². The molecule has 0 aliphatic rings. The van der Waals surface area contributed by atoms with Crippen LogP contribution in [0.25, 0.3) is 0 Å². The molecule has 110 valence electrons. The minimum absolute atomic E-state index is 0.00850. The van der Waals surface area contributed by atoms with Gasteiger partial charge in [0.25, 0.3) is 0 Å². The topological polar surface area (TPSA) is 93.5 Å². The molecule has 0 aliphatic carbocycles. The number of carbonyl (C=O) groups is 1. The van der Waals surface area contributed by atoms with E-state index >= 15 is 0 Å². The lowest BCUT2D eigenvalue weighted by molar-refractivity contribution is -0.383. The van der Waals surface area contributed by atoms with Crippen molar-refractivity contribution in [2.24, 2.45) is 0 Å². The van der Waals surface area contributed by atoms with Crippen molar-refractivity contribution in [1.82, 2.24) is 0 Å². The summed E-state index contributed by atoms with van der Waals surface area (Å²) in [7, 11) is 1.31. The quantitative estimate of drug-likeness (QED) is 0.431. The molecule has 20 heavy (non-hydrogen) atoms. The van der Waals surface area contributed by atoms with Crippen LogP contribution in [0, 0.1) is 10.1 Å². The highest BCUT2D eigenvalue weighted by molar-refractivity contribution is 5.77. The molecule has 0 aliphatic heterocycles. The number of para-hydroxylation sites is 1. The number of nitrogens with zero attached hydrogens (tertiary/aromatic N) is 1. The zero-order valence-corrected chi connectivity index (χ0v) is 11.6. The zero-order valence-electron chi connectivity index (χ0n) is 11.6. The van der Waals surface area contributed by atoms with Gasteiger partial charge >= 0.3 is 11.7 Å². The molecule has 7 nitrogen and oxygen atoms in total. The van der Waals surface area contributed by atoms with E-state index in [9.17, 15) is 14.9 Å². The first-order valence-electron chi connectivity index (χ1n) is 6.42. The van der Waals surface area contributed by atoms with Crippen molar-refractivity contribution in [3.8, 4) is 0 Å². The van der Waals surface area contributed by atoms with Crippen molar-refractivity contribution in [3.63, 3.8) is 0 Å². The molecule has 0 saturated carbocycles. The van der Waals surface area contributed by atoms with Crippen molar-refractivity contribution in [2.75, 3.05) is 30.8 Å². The minimum atomic E-state index is -0.432. The molecule has 1 aromatic rings. The van der Waals surface area contributed by atoms with Crippen LogP contribution in [0.4, 0.5) is 17.1 Å². The first-order chi connectivity index (χ1) is 9.60. The second-order valence-corrected chi connectivity index (χ2v) is 4.14. The monoisotopic (exact) mass is 281 g/mol. The summed E-state index contributed by atoms with van der Waals surface area (Å²) in [5.41, 5.74) is 0.853. The number of benzene rings is 1. The molecule has 0 atom stereocenters. The van der Waals surface area contributed by atoms with Gasteiger partial charge in [-0.1, -0.05) is 13.0 Å². The summed E-state index contributed by atoms with van der Waals surface area (Å²) >= 11 is 0. The average molecular weight is 281 g/mol. The van der Waals surface area contributed by atoms with Crippen LogP contribution in [-0.4, -0.2) is 31.1 Å². The number of anilines is 2. The van der Waals surface area contributed by atoms with Gasteiger partial charge in [-0.2, -0.15) is 0 Å². The summed E-state index contributed by atoms with van der Waals surface area (Å²) in [5, 5.41) is 17.1. The second-order valence-electron chi connectivity index (χ2n) is 4.14. The highest BCUT2D eigenvalue weighted by Gasteiger charge is 2.19. The molecule has 0 heterocycles. The fourth-order valence-corrected chi connectivity index (χ4v) is 1.69. The van der Waals surface area contributed by atoms with E-state index in [0.29, 0.717) is 17.9 Å². The molecule has 2 N–H and O–H groups in total. The van der Waals surface area contributed by atoms with Gasteiger partial charge in [0.2, 0.25) is 0 Å². The van der Waals surface area contributed by atoms with E-state index in [1.807, 2.05) is 6.92 Å². The summed E-state index contributed by atoms with van der Waals surface area (Å²) in [6, 6.07) is 5.01. The lowest BCUT2D eigenvalue weighted by Crippen LogP contribution is -2.11. The normalized spacial score (nSPS) is 9.90. The number of nitro benzene ring substituents is 1. The van der Waals surface area contributed by atoms with E-state index in [1.54, 1.807) is 18.2 Å². The summed E-state index contributed by atoms with van der Waals surface area (Å²) < 4.78 is 4.52. The lowest BCUT2D eigenvalue weighted by atomic mass is 10.2. The SMILES string of the molecule is CCCNc1cccc(NCCC(=O)OC)c1[N+](=O)[O-]. The van der Waals surface area contributed by atoms with Gasteiger partial charge < -0.3 is 15.4 Å². The fourth-order valence-electron chi connectivity index (χ4n) is 1.69. The predicted octanol–water partition coefficient (Wildman–Crippen LogP) is 2.39. The number of hydrogen-bond donors (Lipinski definition) is 2. The van der Waals surface area contributed by atoms with Crippen LogP contribution >= 0.6 is 0 Å². The summed E-state index contributed by atoms with van der Waals surface area (Å²) in [6.07, 6.45) is 1.03. The number of hydrogen-bond acceptors (Lipinski definition) is 6. The van der Waals surface area contributed by atoms with Crippen LogP contribution in [0.5, 0.6) is 0 Å². The van der Waals surface area contributed by atoms with Gasteiger partial charge in [0.1, 0.15) is 11.4 Å².